The quantitative estimate of drug-likeness (QED) is 0.478. The van der Waals surface area contributed by atoms with E-state index in [-0.39, 0.29) is 24.0 Å². The summed E-state index contributed by atoms with van der Waals surface area (Å²) in [4.78, 5) is 3.79. The summed E-state index contributed by atoms with van der Waals surface area (Å²) in [5, 5.41) is 0. The van der Waals surface area contributed by atoms with Crippen LogP contribution in [0.4, 0.5) is 0 Å². The summed E-state index contributed by atoms with van der Waals surface area (Å²) in [7, 11) is 0. The molecule has 0 spiro atoms. The van der Waals surface area contributed by atoms with E-state index in [0.29, 0.717) is 15.2 Å². The molecule has 0 aromatic heterocycles. The minimum atomic E-state index is 0. The molecular weight excluding hydrogens is 202 g/mol. The highest BCUT2D eigenvalue weighted by atomic mass is 127. The maximum Gasteiger partial charge on any atom is 0.271 e. The molecule has 0 aliphatic carbocycles. The Bertz CT molecular complexity index is 36.8. The zero-order valence-electron chi connectivity index (χ0n) is 3.55. The number of rotatable bonds is 2. The fraction of sp³-hybridized carbons (Fsp3) is 0. The minimum absolute atomic E-state index is 0. The van der Waals surface area contributed by atoms with Crippen molar-refractivity contribution in [2.24, 2.45) is 0 Å². The van der Waals surface area contributed by atoms with Crippen LogP contribution in [0.1, 0.15) is 0 Å². The summed E-state index contributed by atoms with van der Waals surface area (Å²) >= 11 is 0.343. The predicted octanol–water partition coefficient (Wildman–Crippen LogP) is 1.60. The van der Waals surface area contributed by atoms with Gasteiger partial charge in [0.15, 0.2) is 0 Å². The summed E-state index contributed by atoms with van der Waals surface area (Å²) in [6, 6.07) is 0. The van der Waals surface area contributed by atoms with Gasteiger partial charge >= 0.3 is 0 Å². The Hall–Kier alpha value is 0.742. The van der Waals surface area contributed by atoms with Crippen molar-refractivity contribution in [3.63, 3.8) is 0 Å². The first-order valence-corrected chi connectivity index (χ1v) is 2.82. The van der Waals surface area contributed by atoms with Crippen molar-refractivity contribution in [3.05, 3.63) is 23.0 Å². The fourth-order valence-electron chi connectivity index (χ4n) is 0.0962. The SMILES string of the molecule is C=[CH][Al][CH]=C.I. The summed E-state index contributed by atoms with van der Waals surface area (Å²) in [6.07, 6.45) is 0. The van der Waals surface area contributed by atoms with E-state index in [1.54, 1.807) is 0 Å². The van der Waals surface area contributed by atoms with Crippen molar-refractivity contribution in [2.75, 3.05) is 0 Å². The van der Waals surface area contributed by atoms with Crippen LogP contribution in [-0.2, 0) is 0 Å². The van der Waals surface area contributed by atoms with Crippen LogP contribution in [0.3, 0.4) is 0 Å². The predicted molar refractivity (Wildman–Crippen MR) is 41.6 cm³/mol. The summed E-state index contributed by atoms with van der Waals surface area (Å²) in [5.74, 6) is 0. The molecule has 0 saturated carbocycles. The molecule has 0 nitrogen and oxygen atoms in total. The smallest absolute Gasteiger partial charge is 0.157 e. The van der Waals surface area contributed by atoms with Crippen molar-refractivity contribution < 1.29 is 0 Å². The molecule has 1 radical (unpaired) electrons. The lowest BCUT2D eigenvalue weighted by Gasteiger charge is -1.58. The molecule has 0 heterocycles. The van der Waals surface area contributed by atoms with Gasteiger partial charge in [0.05, 0.1) is 0 Å². The molecule has 0 unspecified atom stereocenters. The normalized spacial score (nSPS) is 4.67. The van der Waals surface area contributed by atoms with Crippen LogP contribution in [-0.4, -0.2) is 15.2 Å². The van der Waals surface area contributed by atoms with E-state index in [1.807, 2.05) is 9.88 Å². The van der Waals surface area contributed by atoms with Crippen molar-refractivity contribution in [1.82, 2.24) is 0 Å². The highest BCUT2D eigenvalue weighted by Gasteiger charge is 1.62. The van der Waals surface area contributed by atoms with Crippen LogP contribution in [0.5, 0.6) is 0 Å². The molecule has 2 heteroatoms. The van der Waals surface area contributed by atoms with Gasteiger partial charge in [-0.05, 0) is 0 Å². The molecule has 0 fully saturated rings. The van der Waals surface area contributed by atoms with Gasteiger partial charge in [0.1, 0.15) is 0 Å². The van der Waals surface area contributed by atoms with Crippen LogP contribution >= 0.6 is 24.0 Å². The summed E-state index contributed by atoms with van der Waals surface area (Å²) in [6.45, 7) is 7.03. The largest absolute Gasteiger partial charge is 0.271 e. The van der Waals surface area contributed by atoms with Gasteiger partial charge in [-0.3, -0.25) is 0 Å². The van der Waals surface area contributed by atoms with E-state index in [1.165, 1.54) is 0 Å². The average Bonchev–Trinajstić information content (AvgIpc) is 1.41. The minimum Gasteiger partial charge on any atom is -0.157 e. The van der Waals surface area contributed by atoms with E-state index in [4.69, 9.17) is 0 Å². The van der Waals surface area contributed by atoms with Crippen LogP contribution in [0.15, 0.2) is 23.0 Å². The second kappa shape index (κ2) is 9.22. The van der Waals surface area contributed by atoms with Gasteiger partial charge < -0.3 is 0 Å². The molecule has 0 saturated heterocycles. The van der Waals surface area contributed by atoms with E-state index in [9.17, 15) is 0 Å². The standard InChI is InChI=1S/2C2H3.Al.HI/c2*1-2;;/h2*1H,2H2;;1H. The molecule has 6 heavy (non-hydrogen) atoms. The van der Waals surface area contributed by atoms with Crippen molar-refractivity contribution >= 4 is 39.2 Å². The van der Waals surface area contributed by atoms with Crippen molar-refractivity contribution in [1.29, 1.82) is 0 Å². The molecule has 0 atom stereocenters. The molecule has 0 amide bonds. The van der Waals surface area contributed by atoms with E-state index >= 15 is 0 Å². The average molecular weight is 209 g/mol. The molecule has 0 N–H and O–H groups in total. The van der Waals surface area contributed by atoms with Gasteiger partial charge in [0, 0.05) is 0 Å². The maximum atomic E-state index is 3.52. The monoisotopic (exact) mass is 209 g/mol. The topological polar surface area (TPSA) is 0 Å². The Morgan fingerprint density at radius 1 is 1.17 bits per heavy atom. The lowest BCUT2D eigenvalue weighted by Crippen LogP contribution is -1.67. The Balaban J connectivity index is 0. The number of hydrogen-bond acceptors (Lipinski definition) is 0. The van der Waals surface area contributed by atoms with Gasteiger partial charge in [-0.2, -0.15) is 9.88 Å². The number of halogens is 1. The van der Waals surface area contributed by atoms with Gasteiger partial charge in [-0.25, -0.2) is 0 Å². The molecule has 0 aliphatic heterocycles. The van der Waals surface area contributed by atoms with Crippen LogP contribution < -0.4 is 0 Å². The molecule has 0 bridgehead atoms. The second-order valence-electron chi connectivity index (χ2n) is 0.664. The van der Waals surface area contributed by atoms with Gasteiger partial charge in [0.2, 0.25) is 0 Å². The molecule has 0 aliphatic rings. The molecule has 0 aromatic carbocycles. The second-order valence-corrected chi connectivity index (χ2v) is 1.99. The first-order valence-electron chi connectivity index (χ1n) is 1.48. The van der Waals surface area contributed by atoms with Crippen molar-refractivity contribution in [3.8, 4) is 0 Å². The Kier molecular flexibility index (Phi) is 15.2. The first-order chi connectivity index (χ1) is 2.41. The molecule has 0 aromatic rings. The Morgan fingerprint density at radius 2 is 1.50 bits per heavy atom. The summed E-state index contributed by atoms with van der Waals surface area (Å²) < 4.78 is 0. The first kappa shape index (κ1) is 9.89. The van der Waals surface area contributed by atoms with Crippen molar-refractivity contribution in [2.45, 2.75) is 0 Å². The fourth-order valence-corrected chi connectivity index (χ4v) is 0.289. The van der Waals surface area contributed by atoms with Gasteiger partial charge in [-0.1, -0.05) is 0 Å². The highest BCUT2D eigenvalue weighted by molar-refractivity contribution is 14.0. The Labute approximate surface area is 62.1 Å². The van der Waals surface area contributed by atoms with E-state index in [0.717, 1.165) is 0 Å². The molecular formula is C4H7AlI. The molecule has 0 rings (SSSR count). The van der Waals surface area contributed by atoms with Crippen LogP contribution in [0.2, 0.25) is 0 Å². The van der Waals surface area contributed by atoms with Crippen LogP contribution in [0, 0.1) is 0 Å². The maximum absolute atomic E-state index is 3.52. The third-order valence-corrected chi connectivity index (χ3v) is 0.816. The Morgan fingerprint density at radius 3 is 1.50 bits per heavy atom. The third kappa shape index (κ3) is 8.83. The van der Waals surface area contributed by atoms with Gasteiger partial charge in [-0.15, -0.1) is 37.1 Å². The van der Waals surface area contributed by atoms with Crippen LogP contribution in [0.25, 0.3) is 0 Å². The van der Waals surface area contributed by atoms with Gasteiger partial charge in [0.25, 0.3) is 15.2 Å². The van der Waals surface area contributed by atoms with E-state index in [2.05, 4.69) is 13.2 Å². The zero-order valence-corrected chi connectivity index (χ0v) is 7.04. The van der Waals surface area contributed by atoms with E-state index < -0.39 is 0 Å². The zero-order chi connectivity index (χ0) is 4.12. The summed E-state index contributed by atoms with van der Waals surface area (Å²) in [5.41, 5.74) is 0. The number of hydrogen-bond donors (Lipinski definition) is 0. The lowest BCUT2D eigenvalue weighted by molar-refractivity contribution is 2.44. The highest BCUT2D eigenvalue weighted by Crippen LogP contribution is 1.55. The third-order valence-electron chi connectivity index (χ3n) is 0.272. The lowest BCUT2D eigenvalue weighted by atomic mass is 11.2. The molecule has 33 valence electrons.